The summed E-state index contributed by atoms with van der Waals surface area (Å²) in [5.74, 6) is -0.0619. The van der Waals surface area contributed by atoms with Gasteiger partial charge in [0, 0.05) is 29.1 Å². The highest BCUT2D eigenvalue weighted by atomic mass is 35.5. The number of fused-ring (bicyclic) bond motifs is 3. The number of hydrogen-bond donors (Lipinski definition) is 1. The smallest absolute Gasteiger partial charge is 0.409 e. The van der Waals surface area contributed by atoms with E-state index in [1.165, 1.54) is 12.7 Å². The Morgan fingerprint density at radius 2 is 2.03 bits per heavy atom. The van der Waals surface area contributed by atoms with E-state index in [4.69, 9.17) is 21.3 Å². The molecule has 5 rings (SSSR count). The van der Waals surface area contributed by atoms with Crippen molar-refractivity contribution in [2.45, 2.75) is 64.0 Å². The van der Waals surface area contributed by atoms with E-state index in [0.29, 0.717) is 25.9 Å². The molecule has 3 atom stereocenters. The Hall–Kier alpha value is -3.06. The molecule has 2 aromatic carbocycles. The summed E-state index contributed by atoms with van der Waals surface area (Å²) in [6.45, 7) is 3.24. The number of halogens is 1. The average molecular weight is 510 g/mol. The van der Waals surface area contributed by atoms with Gasteiger partial charge in [0.2, 0.25) is 0 Å². The van der Waals surface area contributed by atoms with Gasteiger partial charge in [-0.05, 0) is 62.3 Å². The molecule has 0 radical (unpaired) electrons. The van der Waals surface area contributed by atoms with Gasteiger partial charge < -0.3 is 19.3 Å². The number of carboxylic acid groups (broad SMARTS) is 1. The number of carboxylic acids is 1. The van der Waals surface area contributed by atoms with Crippen molar-refractivity contribution in [3.8, 4) is 0 Å². The molecule has 8 heteroatoms. The molecule has 1 aliphatic carbocycles. The minimum absolute atomic E-state index is 0.0634. The van der Waals surface area contributed by atoms with Gasteiger partial charge in [0.15, 0.2) is 0 Å². The van der Waals surface area contributed by atoms with E-state index in [-0.39, 0.29) is 24.0 Å². The molecule has 1 N–H and O–H groups in total. The number of aliphatic carboxylic acids is 1. The molecule has 3 aromatic rings. The monoisotopic (exact) mass is 509 g/mol. The molecule has 1 saturated carbocycles. The zero-order chi connectivity index (χ0) is 25.4. The van der Waals surface area contributed by atoms with Gasteiger partial charge in [-0.2, -0.15) is 0 Å². The van der Waals surface area contributed by atoms with Crippen LogP contribution >= 0.6 is 11.6 Å². The fraction of sp³-hybridized carbons (Fsp3) is 0.464. The molecule has 1 aliphatic heterocycles. The zero-order valence-corrected chi connectivity index (χ0v) is 21.5. The van der Waals surface area contributed by atoms with Crippen molar-refractivity contribution in [1.29, 1.82) is 0 Å². The standard InChI is InChI=1S/C28H32ClN3O4/c1-17(14-19-6-3-4-9-23(19)29)32-24-11-10-18-12-13-31(28(35)36-2)16-22(18)25(24)30-26(32)20-7-5-8-21(15-20)27(33)34/h3-4,6,9-11,17,20-21H,5,7-8,12-16H2,1-2H3,(H,33,34)/t17-,20+,21+/m0/s1. The van der Waals surface area contributed by atoms with Crippen LogP contribution in [0.25, 0.3) is 11.0 Å². The van der Waals surface area contributed by atoms with Crippen LogP contribution in [-0.4, -0.2) is 45.3 Å². The lowest BCUT2D eigenvalue weighted by Crippen LogP contribution is -2.35. The molecule has 1 aromatic heterocycles. The summed E-state index contributed by atoms with van der Waals surface area (Å²) >= 11 is 6.51. The first-order valence-corrected chi connectivity index (χ1v) is 13.1. The van der Waals surface area contributed by atoms with Gasteiger partial charge in [0.05, 0.1) is 30.6 Å². The van der Waals surface area contributed by atoms with Gasteiger partial charge in [0.1, 0.15) is 5.82 Å². The number of amides is 1. The predicted molar refractivity (Wildman–Crippen MR) is 138 cm³/mol. The van der Waals surface area contributed by atoms with E-state index in [1.807, 2.05) is 18.2 Å². The van der Waals surface area contributed by atoms with Crippen LogP contribution in [0.3, 0.4) is 0 Å². The van der Waals surface area contributed by atoms with Crippen molar-refractivity contribution < 1.29 is 19.4 Å². The first-order valence-electron chi connectivity index (χ1n) is 12.7. The van der Waals surface area contributed by atoms with E-state index in [1.54, 1.807) is 4.90 Å². The Bertz CT molecular complexity index is 1300. The van der Waals surface area contributed by atoms with Crippen LogP contribution in [0.4, 0.5) is 4.79 Å². The van der Waals surface area contributed by atoms with Gasteiger partial charge in [-0.15, -0.1) is 0 Å². The van der Waals surface area contributed by atoms with Crippen LogP contribution in [0.15, 0.2) is 36.4 Å². The lowest BCUT2D eigenvalue weighted by Gasteiger charge is -2.29. The predicted octanol–water partition coefficient (Wildman–Crippen LogP) is 5.98. The molecule has 0 saturated heterocycles. The number of hydrogen-bond acceptors (Lipinski definition) is 4. The maximum absolute atomic E-state index is 12.3. The Kier molecular flexibility index (Phi) is 6.93. The number of aromatic nitrogens is 2. The SMILES string of the molecule is COC(=O)N1CCc2ccc3c(nc([C@@H]4CCC[C@@H](C(=O)O)C4)n3[C@@H](C)Cc3ccccc3Cl)c2C1. The second kappa shape index (κ2) is 10.1. The number of nitrogens with zero attached hydrogens (tertiary/aromatic N) is 3. The second-order valence-electron chi connectivity index (χ2n) is 10.1. The Labute approximate surface area is 216 Å². The molecule has 2 heterocycles. The molecule has 2 aliphatic rings. The van der Waals surface area contributed by atoms with Crippen molar-refractivity contribution in [1.82, 2.24) is 14.5 Å². The largest absolute Gasteiger partial charge is 0.481 e. The summed E-state index contributed by atoms with van der Waals surface area (Å²) in [5.41, 5.74) is 5.25. The molecule has 36 heavy (non-hydrogen) atoms. The number of ether oxygens (including phenoxy) is 1. The minimum Gasteiger partial charge on any atom is -0.481 e. The summed E-state index contributed by atoms with van der Waals surface area (Å²) in [6.07, 6.45) is 4.25. The Morgan fingerprint density at radius 3 is 2.78 bits per heavy atom. The normalized spacial score (nSPS) is 20.7. The maximum atomic E-state index is 12.3. The summed E-state index contributed by atoms with van der Waals surface area (Å²) in [6, 6.07) is 12.2. The van der Waals surface area contributed by atoms with E-state index < -0.39 is 5.97 Å². The number of carbonyl (C=O) groups excluding carboxylic acids is 1. The minimum atomic E-state index is -0.724. The fourth-order valence-corrected chi connectivity index (χ4v) is 6.18. The average Bonchev–Trinajstić information content (AvgIpc) is 3.29. The van der Waals surface area contributed by atoms with E-state index in [2.05, 4.69) is 29.7 Å². The van der Waals surface area contributed by atoms with Crippen molar-refractivity contribution >= 4 is 34.7 Å². The van der Waals surface area contributed by atoms with Gasteiger partial charge in [0.25, 0.3) is 0 Å². The van der Waals surface area contributed by atoms with Crippen molar-refractivity contribution in [2.75, 3.05) is 13.7 Å². The van der Waals surface area contributed by atoms with E-state index >= 15 is 0 Å². The molecule has 0 unspecified atom stereocenters. The highest BCUT2D eigenvalue weighted by Crippen LogP contribution is 2.40. The van der Waals surface area contributed by atoms with Crippen LogP contribution < -0.4 is 0 Å². The fourth-order valence-electron chi connectivity index (χ4n) is 5.97. The van der Waals surface area contributed by atoms with Crippen molar-refractivity contribution in [3.63, 3.8) is 0 Å². The highest BCUT2D eigenvalue weighted by molar-refractivity contribution is 6.31. The zero-order valence-electron chi connectivity index (χ0n) is 20.7. The third kappa shape index (κ3) is 4.57. The van der Waals surface area contributed by atoms with Crippen molar-refractivity contribution in [2.24, 2.45) is 5.92 Å². The van der Waals surface area contributed by atoms with E-state index in [9.17, 15) is 14.7 Å². The summed E-state index contributed by atoms with van der Waals surface area (Å²) < 4.78 is 7.28. The molecule has 1 amide bonds. The first-order chi connectivity index (χ1) is 17.4. The maximum Gasteiger partial charge on any atom is 0.409 e. The third-order valence-corrected chi connectivity index (χ3v) is 8.20. The van der Waals surface area contributed by atoms with Crippen LogP contribution in [0, 0.1) is 5.92 Å². The lowest BCUT2D eigenvalue weighted by molar-refractivity contribution is -0.143. The number of carbonyl (C=O) groups is 2. The highest BCUT2D eigenvalue weighted by Gasteiger charge is 2.33. The number of methoxy groups -OCH3 is 1. The van der Waals surface area contributed by atoms with Crippen molar-refractivity contribution in [3.05, 3.63) is 63.9 Å². The number of imidazole rings is 1. The molecule has 1 fully saturated rings. The third-order valence-electron chi connectivity index (χ3n) is 7.83. The van der Waals surface area contributed by atoms with Crippen LogP contribution in [0.5, 0.6) is 0 Å². The molecule has 0 bridgehead atoms. The van der Waals surface area contributed by atoms with E-state index in [0.717, 1.165) is 58.7 Å². The lowest BCUT2D eigenvalue weighted by atomic mass is 9.81. The molecule has 190 valence electrons. The number of benzene rings is 2. The van der Waals surface area contributed by atoms with Crippen LogP contribution in [0.1, 0.15) is 67.1 Å². The summed E-state index contributed by atoms with van der Waals surface area (Å²) in [5, 5.41) is 10.5. The quantitative estimate of drug-likeness (QED) is 0.457. The topological polar surface area (TPSA) is 84.7 Å². The van der Waals surface area contributed by atoms with Gasteiger partial charge >= 0.3 is 12.1 Å². The van der Waals surface area contributed by atoms with Crippen LogP contribution in [-0.2, 0) is 28.9 Å². The van der Waals surface area contributed by atoms with Crippen LogP contribution in [0.2, 0.25) is 5.02 Å². The molecular weight excluding hydrogens is 478 g/mol. The number of rotatable bonds is 5. The molecule has 7 nitrogen and oxygen atoms in total. The van der Waals surface area contributed by atoms with Gasteiger partial charge in [-0.1, -0.05) is 42.3 Å². The van der Waals surface area contributed by atoms with Gasteiger partial charge in [-0.25, -0.2) is 9.78 Å². The second-order valence-corrected chi connectivity index (χ2v) is 10.5. The molecule has 0 spiro atoms. The Morgan fingerprint density at radius 1 is 1.22 bits per heavy atom. The molecular formula is C28H32ClN3O4. The summed E-state index contributed by atoms with van der Waals surface area (Å²) in [4.78, 5) is 31.0. The first kappa shape index (κ1) is 24.6. The Balaban J connectivity index is 1.61. The van der Waals surface area contributed by atoms with Gasteiger partial charge in [-0.3, -0.25) is 4.79 Å². The summed E-state index contributed by atoms with van der Waals surface area (Å²) in [7, 11) is 1.41.